The van der Waals surface area contributed by atoms with Crippen molar-refractivity contribution in [3.05, 3.63) is 0 Å². The Balaban J connectivity index is 2.27. The molecule has 3 heteroatoms. The van der Waals surface area contributed by atoms with Crippen LogP contribution in [0.4, 0.5) is 0 Å². The van der Waals surface area contributed by atoms with Gasteiger partial charge in [-0.2, -0.15) is 0 Å². The highest BCUT2D eigenvalue weighted by molar-refractivity contribution is 4.83. The Hall–Kier alpha value is -0.120. The van der Waals surface area contributed by atoms with Gasteiger partial charge < -0.3 is 5.73 Å². The molecule has 1 fully saturated rings. The van der Waals surface area contributed by atoms with E-state index in [2.05, 4.69) is 24.3 Å². The van der Waals surface area contributed by atoms with Gasteiger partial charge in [0.2, 0.25) is 0 Å². The van der Waals surface area contributed by atoms with E-state index in [0.717, 1.165) is 6.54 Å². The van der Waals surface area contributed by atoms with Crippen LogP contribution in [0.1, 0.15) is 65.2 Å². The average molecular weight is 241 g/mol. The molecule has 0 spiro atoms. The zero-order chi connectivity index (χ0) is 12.6. The van der Waals surface area contributed by atoms with Gasteiger partial charge in [-0.25, -0.2) is 10.4 Å². The second kappa shape index (κ2) is 8.06. The second-order valence-electron chi connectivity index (χ2n) is 5.73. The molecule has 0 aliphatic carbocycles. The molecule has 0 radical (unpaired) electrons. The first-order chi connectivity index (χ1) is 8.20. The van der Waals surface area contributed by atoms with Crippen LogP contribution in [0.2, 0.25) is 0 Å². The van der Waals surface area contributed by atoms with Crippen LogP contribution in [0, 0.1) is 0 Å². The topological polar surface area (TPSA) is 41.3 Å². The van der Waals surface area contributed by atoms with E-state index in [1.807, 2.05) is 0 Å². The van der Waals surface area contributed by atoms with E-state index in [1.165, 1.54) is 64.5 Å². The Labute approximate surface area is 107 Å². The zero-order valence-corrected chi connectivity index (χ0v) is 11.8. The summed E-state index contributed by atoms with van der Waals surface area (Å²) >= 11 is 0. The molecule has 1 atom stereocenters. The monoisotopic (exact) mass is 241 g/mol. The van der Waals surface area contributed by atoms with Crippen molar-refractivity contribution in [2.24, 2.45) is 5.73 Å². The molecule has 0 aromatic carbocycles. The van der Waals surface area contributed by atoms with Crippen molar-refractivity contribution in [3.8, 4) is 0 Å². The lowest BCUT2D eigenvalue weighted by atomic mass is 9.95. The number of hydrogen-bond acceptors (Lipinski definition) is 3. The molecule has 1 heterocycles. The van der Waals surface area contributed by atoms with Crippen molar-refractivity contribution < 1.29 is 0 Å². The molecule has 1 unspecified atom stereocenters. The van der Waals surface area contributed by atoms with Crippen LogP contribution < -0.4 is 11.2 Å². The van der Waals surface area contributed by atoms with Crippen LogP contribution >= 0.6 is 0 Å². The van der Waals surface area contributed by atoms with E-state index in [1.54, 1.807) is 0 Å². The minimum Gasteiger partial charge on any atom is -0.329 e. The molecule has 102 valence electrons. The predicted molar refractivity (Wildman–Crippen MR) is 74.8 cm³/mol. The van der Waals surface area contributed by atoms with E-state index in [-0.39, 0.29) is 5.54 Å². The fourth-order valence-electron chi connectivity index (χ4n) is 2.53. The highest BCUT2D eigenvalue weighted by atomic mass is 15.5. The first kappa shape index (κ1) is 14.9. The fraction of sp³-hybridized carbons (Fsp3) is 1.00. The van der Waals surface area contributed by atoms with E-state index in [0.29, 0.717) is 0 Å². The lowest BCUT2D eigenvalue weighted by Crippen LogP contribution is -2.57. The molecular weight excluding hydrogens is 210 g/mol. The molecule has 0 bridgehead atoms. The number of nitrogens with two attached hydrogens (primary N) is 1. The van der Waals surface area contributed by atoms with Crippen molar-refractivity contribution in [3.63, 3.8) is 0 Å². The molecule has 0 aromatic heterocycles. The second-order valence-corrected chi connectivity index (χ2v) is 5.73. The highest BCUT2D eigenvalue weighted by Gasteiger charge is 2.25. The molecule has 3 nitrogen and oxygen atoms in total. The molecule has 0 saturated carbocycles. The fourth-order valence-corrected chi connectivity index (χ4v) is 2.53. The molecule has 1 rings (SSSR count). The first-order valence-electron chi connectivity index (χ1n) is 7.43. The largest absolute Gasteiger partial charge is 0.329 e. The Kier molecular flexibility index (Phi) is 7.09. The first-order valence-corrected chi connectivity index (χ1v) is 7.43. The molecule has 0 amide bonds. The van der Waals surface area contributed by atoms with Gasteiger partial charge in [-0.3, -0.25) is 0 Å². The maximum absolute atomic E-state index is 5.95. The normalized spacial score (nSPS) is 21.4. The van der Waals surface area contributed by atoms with Crippen LogP contribution in [-0.2, 0) is 0 Å². The molecular formula is C14H31N3. The number of hydrazine groups is 1. The number of nitrogens with zero attached hydrogens (tertiary/aromatic N) is 1. The maximum atomic E-state index is 5.95. The summed E-state index contributed by atoms with van der Waals surface area (Å²) in [4.78, 5) is 0. The summed E-state index contributed by atoms with van der Waals surface area (Å²) in [7, 11) is 0. The van der Waals surface area contributed by atoms with Gasteiger partial charge in [0.05, 0.1) is 0 Å². The van der Waals surface area contributed by atoms with Gasteiger partial charge in [-0.05, 0) is 26.2 Å². The van der Waals surface area contributed by atoms with Gasteiger partial charge in [0, 0.05) is 25.2 Å². The van der Waals surface area contributed by atoms with Gasteiger partial charge in [0.15, 0.2) is 0 Å². The Morgan fingerprint density at radius 3 is 2.41 bits per heavy atom. The third-order valence-corrected chi connectivity index (χ3v) is 3.82. The summed E-state index contributed by atoms with van der Waals surface area (Å²) < 4.78 is 0. The third-order valence-electron chi connectivity index (χ3n) is 3.82. The van der Waals surface area contributed by atoms with E-state index in [9.17, 15) is 0 Å². The smallest absolute Gasteiger partial charge is 0.0420 e. The lowest BCUT2D eigenvalue weighted by molar-refractivity contribution is 0.0853. The number of nitrogens with one attached hydrogen (secondary N) is 1. The number of unbranched alkanes of at least 4 members (excludes halogenated alkanes) is 3. The van der Waals surface area contributed by atoms with Gasteiger partial charge in [0.25, 0.3) is 0 Å². The average Bonchev–Trinajstić information content (AvgIpc) is 2.36. The summed E-state index contributed by atoms with van der Waals surface area (Å²) in [5.74, 6) is 0. The van der Waals surface area contributed by atoms with Gasteiger partial charge in [-0.15, -0.1) is 0 Å². The Bertz CT molecular complexity index is 190. The van der Waals surface area contributed by atoms with Crippen molar-refractivity contribution in [1.82, 2.24) is 10.4 Å². The summed E-state index contributed by atoms with van der Waals surface area (Å²) in [5.41, 5.74) is 9.72. The third kappa shape index (κ3) is 5.84. The minimum absolute atomic E-state index is 0.102. The Morgan fingerprint density at radius 2 is 1.82 bits per heavy atom. The van der Waals surface area contributed by atoms with Crippen molar-refractivity contribution >= 4 is 0 Å². The summed E-state index contributed by atoms with van der Waals surface area (Å²) in [5, 5.41) is 2.39. The molecule has 1 saturated heterocycles. The van der Waals surface area contributed by atoms with Crippen LogP contribution in [0.3, 0.4) is 0 Å². The maximum Gasteiger partial charge on any atom is 0.0420 e. The van der Waals surface area contributed by atoms with Crippen LogP contribution in [-0.4, -0.2) is 30.2 Å². The van der Waals surface area contributed by atoms with E-state index in [4.69, 9.17) is 5.73 Å². The highest BCUT2D eigenvalue weighted by Crippen LogP contribution is 2.16. The van der Waals surface area contributed by atoms with Crippen molar-refractivity contribution in [1.29, 1.82) is 0 Å². The molecule has 3 N–H and O–H groups in total. The zero-order valence-electron chi connectivity index (χ0n) is 11.8. The van der Waals surface area contributed by atoms with Gasteiger partial charge in [-0.1, -0.05) is 39.0 Å². The number of hydrogen-bond donors (Lipinski definition) is 2. The summed E-state index contributed by atoms with van der Waals surface area (Å²) in [6.07, 6.45) is 10.5. The number of piperidine rings is 1. The van der Waals surface area contributed by atoms with Crippen LogP contribution in [0.15, 0.2) is 0 Å². The minimum atomic E-state index is 0.102. The summed E-state index contributed by atoms with van der Waals surface area (Å²) in [6.45, 7) is 7.63. The van der Waals surface area contributed by atoms with Crippen molar-refractivity contribution in [2.75, 3.05) is 19.6 Å². The Morgan fingerprint density at radius 1 is 1.12 bits per heavy atom. The van der Waals surface area contributed by atoms with Crippen LogP contribution in [0.25, 0.3) is 0 Å². The standard InChI is InChI=1S/C14H31N3/c1-3-4-5-7-10-14(2,13-15)16-17-11-8-6-9-12-17/h16H,3-13,15H2,1-2H3. The number of rotatable bonds is 8. The van der Waals surface area contributed by atoms with Crippen LogP contribution in [0.5, 0.6) is 0 Å². The lowest BCUT2D eigenvalue weighted by Gasteiger charge is -2.38. The van der Waals surface area contributed by atoms with Crippen molar-refractivity contribution in [2.45, 2.75) is 70.8 Å². The van der Waals surface area contributed by atoms with E-state index < -0.39 is 0 Å². The molecule has 1 aliphatic rings. The van der Waals surface area contributed by atoms with Gasteiger partial charge >= 0.3 is 0 Å². The predicted octanol–water partition coefficient (Wildman–Crippen LogP) is 2.66. The molecule has 0 aromatic rings. The quantitative estimate of drug-likeness (QED) is 0.642. The molecule has 17 heavy (non-hydrogen) atoms. The van der Waals surface area contributed by atoms with E-state index >= 15 is 0 Å². The molecule has 1 aliphatic heterocycles. The van der Waals surface area contributed by atoms with Gasteiger partial charge in [0.1, 0.15) is 0 Å². The summed E-state index contributed by atoms with van der Waals surface area (Å²) in [6, 6.07) is 0. The SMILES string of the molecule is CCCCCCC(C)(CN)NN1CCCCC1.